The summed E-state index contributed by atoms with van der Waals surface area (Å²) >= 11 is 0. The van der Waals surface area contributed by atoms with Gasteiger partial charge < -0.3 is 30.1 Å². The van der Waals surface area contributed by atoms with Gasteiger partial charge in [0.2, 0.25) is 0 Å². The Kier molecular flexibility index (Phi) is 13.3. The Bertz CT molecular complexity index is 759. The van der Waals surface area contributed by atoms with Crippen LogP contribution in [0.15, 0.2) is 36.0 Å². The molecule has 7 atom stereocenters. The van der Waals surface area contributed by atoms with Crippen molar-refractivity contribution in [2.24, 2.45) is 11.8 Å². The Balaban J connectivity index is 2.77. The molecule has 0 saturated carbocycles. The van der Waals surface area contributed by atoms with E-state index in [1.165, 1.54) is 0 Å². The van der Waals surface area contributed by atoms with Gasteiger partial charge in [-0.05, 0) is 52.0 Å². The molecule has 4 N–H and O–H groups in total. The van der Waals surface area contributed by atoms with Crippen LogP contribution in [0, 0.1) is 11.8 Å². The zero-order chi connectivity index (χ0) is 26.6. The summed E-state index contributed by atoms with van der Waals surface area (Å²) < 4.78 is 10.9. The van der Waals surface area contributed by atoms with E-state index in [2.05, 4.69) is 5.32 Å². The number of alkyl carbamates (subject to hydrolysis) is 1. The Morgan fingerprint density at radius 2 is 2.09 bits per heavy atom. The quantitative estimate of drug-likeness (QED) is 0.229. The highest BCUT2D eigenvalue weighted by molar-refractivity contribution is 5.70. The Morgan fingerprint density at radius 1 is 1.40 bits per heavy atom. The summed E-state index contributed by atoms with van der Waals surface area (Å²) in [6.45, 7) is 11.2. The summed E-state index contributed by atoms with van der Waals surface area (Å²) in [6.07, 6.45) is 8.47. The predicted molar refractivity (Wildman–Crippen MR) is 136 cm³/mol. The normalized spacial score (nSPS) is 30.4. The molecule has 8 nitrogen and oxygen atoms in total. The van der Waals surface area contributed by atoms with Crippen molar-refractivity contribution in [1.29, 1.82) is 0 Å². The molecule has 1 aliphatic heterocycles. The molecule has 0 unspecified atom stereocenters. The molecule has 0 fully saturated rings. The number of aliphatic hydroxyl groups is 3. The summed E-state index contributed by atoms with van der Waals surface area (Å²) in [6, 6.07) is -0.388. The molecule has 0 aliphatic carbocycles. The number of carbonyl (C=O) groups is 2. The average Bonchev–Trinajstić information content (AvgIpc) is 2.78. The van der Waals surface area contributed by atoms with E-state index in [4.69, 9.17) is 9.47 Å². The molecule has 0 aromatic heterocycles. The van der Waals surface area contributed by atoms with E-state index in [0.29, 0.717) is 25.7 Å². The third kappa shape index (κ3) is 12.4. The van der Waals surface area contributed by atoms with Crippen molar-refractivity contribution in [1.82, 2.24) is 5.32 Å². The maximum absolute atomic E-state index is 12.4. The fourth-order valence-electron chi connectivity index (χ4n) is 3.75. The number of ether oxygens (including phenoxy) is 2. The monoisotopic (exact) mass is 495 g/mol. The second-order valence-corrected chi connectivity index (χ2v) is 10.1. The van der Waals surface area contributed by atoms with Crippen LogP contribution in [0.4, 0.5) is 4.79 Å². The number of amides is 1. The van der Waals surface area contributed by atoms with Crippen LogP contribution in [-0.2, 0) is 14.3 Å². The molecular formula is C27H45NO7. The van der Waals surface area contributed by atoms with Crippen LogP contribution in [0.25, 0.3) is 0 Å². The van der Waals surface area contributed by atoms with E-state index in [1.807, 2.05) is 58.1 Å². The number of aliphatic hydroxyl groups excluding tert-OH is 2. The highest BCUT2D eigenvalue weighted by atomic mass is 16.6. The van der Waals surface area contributed by atoms with Gasteiger partial charge in [-0.3, -0.25) is 4.79 Å². The van der Waals surface area contributed by atoms with Crippen molar-refractivity contribution >= 4 is 12.1 Å². The molecule has 200 valence electrons. The zero-order valence-electron chi connectivity index (χ0n) is 22.1. The van der Waals surface area contributed by atoms with Gasteiger partial charge in [-0.15, -0.1) is 0 Å². The molecule has 0 aromatic carbocycles. The lowest BCUT2D eigenvalue weighted by molar-refractivity contribution is -0.151. The van der Waals surface area contributed by atoms with Crippen LogP contribution < -0.4 is 5.32 Å². The number of carbonyl (C=O) groups excluding carboxylic acids is 2. The van der Waals surface area contributed by atoms with Crippen molar-refractivity contribution in [3.8, 4) is 0 Å². The lowest BCUT2D eigenvalue weighted by Gasteiger charge is -2.27. The highest BCUT2D eigenvalue weighted by Crippen LogP contribution is 2.24. The van der Waals surface area contributed by atoms with Gasteiger partial charge in [0.15, 0.2) is 0 Å². The van der Waals surface area contributed by atoms with Crippen molar-refractivity contribution in [2.75, 3.05) is 6.61 Å². The number of allylic oxidation sites excluding steroid dienone is 2. The molecule has 8 heteroatoms. The standard InChI is InChI=1S/C27H45NO7/c1-7-23(30)21(5)28-26(32)34-17-18(2)10-8-11-19(3)25-20(4)12-9-14-27(6,33)15-13-22(29)16-24(31)35-25/h8-12,18,20-23,25,29-30,33H,7,13-17H2,1-6H3,(H,28,32)/b10-8+,12-9+,19-11+/t18-,20-,21+,22-,23+,25+,27-/m0/s1. The molecule has 1 heterocycles. The molecule has 1 aliphatic rings. The number of hydrogen-bond acceptors (Lipinski definition) is 7. The second kappa shape index (κ2) is 15.1. The van der Waals surface area contributed by atoms with Crippen molar-refractivity contribution < 1.29 is 34.4 Å². The lowest BCUT2D eigenvalue weighted by atomic mass is 9.91. The highest BCUT2D eigenvalue weighted by Gasteiger charge is 2.26. The SMILES string of the molecule is CC[C@@H](O)[C@@H](C)NC(=O)OC[C@@H](C)/C=C/C=C(\C)[C@H]1OC(=O)C[C@@H](O)CC[C@@](C)(O)C/C=C/[C@@H]1C. The molecule has 0 spiro atoms. The van der Waals surface area contributed by atoms with Gasteiger partial charge in [0.05, 0.1) is 36.9 Å². The van der Waals surface area contributed by atoms with Gasteiger partial charge in [0, 0.05) is 11.8 Å². The average molecular weight is 496 g/mol. The van der Waals surface area contributed by atoms with Crippen molar-refractivity contribution in [3.05, 3.63) is 36.0 Å². The van der Waals surface area contributed by atoms with Crippen LogP contribution in [0.1, 0.15) is 73.6 Å². The van der Waals surface area contributed by atoms with Gasteiger partial charge in [-0.2, -0.15) is 0 Å². The molecule has 0 radical (unpaired) electrons. The minimum Gasteiger partial charge on any atom is -0.457 e. The van der Waals surface area contributed by atoms with Crippen LogP contribution in [0.5, 0.6) is 0 Å². The lowest BCUT2D eigenvalue weighted by Crippen LogP contribution is -2.41. The smallest absolute Gasteiger partial charge is 0.407 e. The minimum atomic E-state index is -0.938. The predicted octanol–water partition coefficient (Wildman–Crippen LogP) is 3.80. The first-order chi connectivity index (χ1) is 16.3. The van der Waals surface area contributed by atoms with Gasteiger partial charge in [0.1, 0.15) is 6.10 Å². The Labute approximate surface area is 210 Å². The van der Waals surface area contributed by atoms with Crippen LogP contribution >= 0.6 is 0 Å². The van der Waals surface area contributed by atoms with Gasteiger partial charge in [0.25, 0.3) is 0 Å². The van der Waals surface area contributed by atoms with Crippen molar-refractivity contribution in [3.63, 3.8) is 0 Å². The fourth-order valence-corrected chi connectivity index (χ4v) is 3.75. The number of cyclic esters (lactones) is 1. The minimum absolute atomic E-state index is 0.0511. The molecule has 1 amide bonds. The number of nitrogens with one attached hydrogen (secondary N) is 1. The first-order valence-electron chi connectivity index (χ1n) is 12.6. The topological polar surface area (TPSA) is 125 Å². The van der Waals surface area contributed by atoms with E-state index in [-0.39, 0.29) is 30.9 Å². The molecule has 35 heavy (non-hydrogen) atoms. The van der Waals surface area contributed by atoms with Crippen LogP contribution in [0.3, 0.4) is 0 Å². The van der Waals surface area contributed by atoms with E-state index < -0.39 is 36.0 Å². The van der Waals surface area contributed by atoms with Crippen LogP contribution in [0.2, 0.25) is 0 Å². The number of hydrogen-bond donors (Lipinski definition) is 4. The van der Waals surface area contributed by atoms with E-state index in [9.17, 15) is 24.9 Å². The molecule has 0 bridgehead atoms. The second-order valence-electron chi connectivity index (χ2n) is 10.1. The summed E-state index contributed by atoms with van der Waals surface area (Å²) in [5, 5.41) is 33.0. The Hall–Kier alpha value is -2.16. The van der Waals surface area contributed by atoms with Crippen LogP contribution in [-0.4, -0.2) is 63.9 Å². The van der Waals surface area contributed by atoms with E-state index >= 15 is 0 Å². The summed E-state index contributed by atoms with van der Waals surface area (Å²) in [5.74, 6) is -0.652. The van der Waals surface area contributed by atoms with E-state index in [0.717, 1.165) is 5.57 Å². The first-order valence-corrected chi connectivity index (χ1v) is 12.6. The Morgan fingerprint density at radius 3 is 2.74 bits per heavy atom. The number of rotatable bonds is 8. The summed E-state index contributed by atoms with van der Waals surface area (Å²) in [5.41, 5.74) is -0.106. The summed E-state index contributed by atoms with van der Waals surface area (Å²) in [7, 11) is 0. The van der Waals surface area contributed by atoms with Gasteiger partial charge >= 0.3 is 12.1 Å². The summed E-state index contributed by atoms with van der Waals surface area (Å²) in [4.78, 5) is 24.3. The molecular weight excluding hydrogens is 450 g/mol. The maximum atomic E-state index is 12.4. The van der Waals surface area contributed by atoms with E-state index in [1.54, 1.807) is 13.8 Å². The third-order valence-corrected chi connectivity index (χ3v) is 6.22. The largest absolute Gasteiger partial charge is 0.457 e. The number of esters is 1. The zero-order valence-corrected chi connectivity index (χ0v) is 22.1. The van der Waals surface area contributed by atoms with Gasteiger partial charge in [-0.1, -0.05) is 51.2 Å². The van der Waals surface area contributed by atoms with Gasteiger partial charge in [-0.25, -0.2) is 4.79 Å². The fraction of sp³-hybridized carbons (Fsp3) is 0.704. The maximum Gasteiger partial charge on any atom is 0.407 e. The molecule has 0 aromatic rings. The third-order valence-electron chi connectivity index (χ3n) is 6.22. The first kappa shape index (κ1) is 30.9. The van der Waals surface area contributed by atoms with Crippen molar-refractivity contribution in [2.45, 2.75) is 104 Å². The molecule has 1 rings (SSSR count). The molecule has 0 saturated heterocycles.